The van der Waals surface area contributed by atoms with Gasteiger partial charge in [0.25, 0.3) is 11.6 Å². The van der Waals surface area contributed by atoms with E-state index < -0.39 is 4.92 Å². The van der Waals surface area contributed by atoms with Crippen molar-refractivity contribution in [1.82, 2.24) is 0 Å². The van der Waals surface area contributed by atoms with Crippen LogP contribution in [-0.4, -0.2) is 10.8 Å². The Morgan fingerprint density at radius 3 is 2.42 bits per heavy atom. The van der Waals surface area contributed by atoms with E-state index in [-0.39, 0.29) is 16.6 Å². The van der Waals surface area contributed by atoms with Gasteiger partial charge in [-0.2, -0.15) is 0 Å². The van der Waals surface area contributed by atoms with E-state index >= 15 is 0 Å². The fraction of sp³-hybridized carbons (Fsp3) is 0. The highest BCUT2D eigenvalue weighted by atomic mass is 35.5. The van der Waals surface area contributed by atoms with Crippen molar-refractivity contribution in [1.29, 1.82) is 0 Å². The lowest BCUT2D eigenvalue weighted by atomic mass is 10.2. The molecular weight excluding hydrogens is 268 g/mol. The Bertz CT molecular complexity index is 629. The second-order valence-electron chi connectivity index (χ2n) is 3.74. The summed E-state index contributed by atoms with van der Waals surface area (Å²) >= 11 is 5.76. The van der Waals surface area contributed by atoms with Crippen molar-refractivity contribution in [2.75, 3.05) is 5.32 Å². The summed E-state index contributed by atoms with van der Waals surface area (Å²) in [5, 5.41) is 13.2. The highest BCUT2D eigenvalue weighted by Gasteiger charge is 2.13. The maximum Gasteiger partial charge on any atom is 0.288 e. The average Bonchev–Trinajstić information content (AvgIpc) is 2.39. The summed E-state index contributed by atoms with van der Waals surface area (Å²) in [6.45, 7) is 0. The minimum absolute atomic E-state index is 0.0177. The van der Waals surface area contributed by atoms with Crippen LogP contribution >= 0.6 is 11.6 Å². The summed E-state index contributed by atoms with van der Waals surface area (Å²) in [4.78, 5) is 21.9. The van der Waals surface area contributed by atoms with Gasteiger partial charge in [-0.1, -0.05) is 29.8 Å². The van der Waals surface area contributed by atoms with Gasteiger partial charge in [-0.05, 0) is 24.3 Å². The van der Waals surface area contributed by atoms with Gasteiger partial charge in [0, 0.05) is 17.3 Å². The maximum atomic E-state index is 11.9. The molecule has 2 rings (SSSR count). The minimum atomic E-state index is -0.578. The number of rotatable bonds is 3. The molecule has 1 amide bonds. The molecule has 0 saturated carbocycles. The van der Waals surface area contributed by atoms with E-state index in [2.05, 4.69) is 5.32 Å². The summed E-state index contributed by atoms with van der Waals surface area (Å²) in [5.41, 5.74) is 0.709. The zero-order valence-electron chi connectivity index (χ0n) is 9.67. The molecule has 0 aliphatic heterocycles. The van der Waals surface area contributed by atoms with Crippen LogP contribution in [0, 0.1) is 10.1 Å². The van der Waals surface area contributed by atoms with Gasteiger partial charge in [0.15, 0.2) is 0 Å². The third kappa shape index (κ3) is 3.08. The molecule has 0 atom stereocenters. The number of hydrogen-bond donors (Lipinski definition) is 1. The first-order valence-electron chi connectivity index (χ1n) is 5.38. The van der Waals surface area contributed by atoms with E-state index in [0.29, 0.717) is 11.3 Å². The normalized spacial score (nSPS) is 9.95. The molecule has 0 bridgehead atoms. The summed E-state index contributed by atoms with van der Waals surface area (Å²) < 4.78 is 0. The molecule has 0 unspecified atom stereocenters. The van der Waals surface area contributed by atoms with Crippen LogP contribution in [0.2, 0.25) is 5.02 Å². The Morgan fingerprint density at radius 2 is 1.84 bits per heavy atom. The number of halogens is 1. The summed E-state index contributed by atoms with van der Waals surface area (Å²) in [7, 11) is 0. The molecule has 6 heteroatoms. The van der Waals surface area contributed by atoms with E-state index in [1.807, 2.05) is 0 Å². The van der Waals surface area contributed by atoms with Crippen LogP contribution in [0.5, 0.6) is 0 Å². The Kier molecular flexibility index (Phi) is 3.77. The predicted molar refractivity (Wildman–Crippen MR) is 72.5 cm³/mol. The number of nitrogens with one attached hydrogen (secondary N) is 1. The van der Waals surface area contributed by atoms with Gasteiger partial charge in [-0.3, -0.25) is 14.9 Å². The van der Waals surface area contributed by atoms with E-state index in [0.717, 1.165) is 0 Å². The first-order chi connectivity index (χ1) is 9.08. The van der Waals surface area contributed by atoms with E-state index in [9.17, 15) is 14.9 Å². The first kappa shape index (κ1) is 13.0. The van der Waals surface area contributed by atoms with Crippen LogP contribution < -0.4 is 5.32 Å². The van der Waals surface area contributed by atoms with Crippen molar-refractivity contribution in [3.8, 4) is 0 Å². The number of nitrogens with zero attached hydrogens (tertiary/aromatic N) is 1. The van der Waals surface area contributed by atoms with Crippen molar-refractivity contribution in [2.24, 2.45) is 0 Å². The zero-order chi connectivity index (χ0) is 13.8. The predicted octanol–water partition coefficient (Wildman–Crippen LogP) is 3.50. The molecular formula is C13H9ClN2O3. The molecule has 96 valence electrons. The quantitative estimate of drug-likeness (QED) is 0.689. The maximum absolute atomic E-state index is 11.9. The lowest BCUT2D eigenvalue weighted by molar-refractivity contribution is -0.384. The summed E-state index contributed by atoms with van der Waals surface area (Å²) in [6.07, 6.45) is 0. The van der Waals surface area contributed by atoms with Crippen molar-refractivity contribution in [3.63, 3.8) is 0 Å². The van der Waals surface area contributed by atoms with Gasteiger partial charge in [-0.25, -0.2) is 0 Å². The first-order valence-corrected chi connectivity index (χ1v) is 5.76. The third-order valence-electron chi connectivity index (χ3n) is 2.44. The van der Waals surface area contributed by atoms with E-state index in [4.69, 9.17) is 11.6 Å². The Balaban J connectivity index is 2.19. The topological polar surface area (TPSA) is 72.2 Å². The van der Waals surface area contributed by atoms with Gasteiger partial charge in [-0.15, -0.1) is 0 Å². The third-order valence-corrected chi connectivity index (χ3v) is 2.74. The molecule has 0 aliphatic carbocycles. The van der Waals surface area contributed by atoms with Gasteiger partial charge >= 0.3 is 0 Å². The lowest BCUT2D eigenvalue weighted by Gasteiger charge is -2.05. The van der Waals surface area contributed by atoms with Gasteiger partial charge < -0.3 is 5.32 Å². The fourth-order valence-electron chi connectivity index (χ4n) is 1.53. The SMILES string of the molecule is O=C(Nc1ccc([N+](=O)[O-])c(Cl)c1)c1ccccc1. The fourth-order valence-corrected chi connectivity index (χ4v) is 1.78. The van der Waals surface area contributed by atoms with Crippen molar-refractivity contribution >= 4 is 28.9 Å². The van der Waals surface area contributed by atoms with Crippen LogP contribution in [0.15, 0.2) is 48.5 Å². The second-order valence-corrected chi connectivity index (χ2v) is 4.15. The molecule has 0 saturated heterocycles. The number of carbonyl (C=O) groups excluding carboxylic acids is 1. The van der Waals surface area contributed by atoms with Crippen LogP contribution in [0.25, 0.3) is 0 Å². The lowest BCUT2D eigenvalue weighted by Crippen LogP contribution is -2.11. The number of carbonyl (C=O) groups is 1. The molecule has 5 nitrogen and oxygen atoms in total. The second kappa shape index (κ2) is 5.49. The smallest absolute Gasteiger partial charge is 0.288 e. The van der Waals surface area contributed by atoms with Crippen LogP contribution in [0.4, 0.5) is 11.4 Å². The standard InChI is InChI=1S/C13H9ClN2O3/c14-11-8-10(6-7-12(11)16(18)19)15-13(17)9-4-2-1-3-5-9/h1-8H,(H,15,17). The molecule has 1 N–H and O–H groups in total. The zero-order valence-corrected chi connectivity index (χ0v) is 10.4. The highest BCUT2D eigenvalue weighted by Crippen LogP contribution is 2.27. The summed E-state index contributed by atoms with van der Waals surface area (Å²) in [6, 6.07) is 12.7. The molecule has 2 aromatic rings. The van der Waals surface area contributed by atoms with Crippen LogP contribution in [0.1, 0.15) is 10.4 Å². The van der Waals surface area contributed by atoms with Crippen LogP contribution in [-0.2, 0) is 0 Å². The molecule has 2 aromatic carbocycles. The van der Waals surface area contributed by atoms with Gasteiger partial charge in [0.2, 0.25) is 0 Å². The average molecular weight is 277 g/mol. The van der Waals surface area contributed by atoms with Crippen LogP contribution in [0.3, 0.4) is 0 Å². The largest absolute Gasteiger partial charge is 0.322 e. The van der Waals surface area contributed by atoms with Gasteiger partial charge in [0.1, 0.15) is 5.02 Å². The van der Waals surface area contributed by atoms with Crippen molar-refractivity contribution in [3.05, 3.63) is 69.2 Å². The number of hydrogen-bond acceptors (Lipinski definition) is 3. The van der Waals surface area contributed by atoms with E-state index in [1.54, 1.807) is 30.3 Å². The summed E-state index contributed by atoms with van der Waals surface area (Å²) in [5.74, 6) is -0.300. The Morgan fingerprint density at radius 1 is 1.16 bits per heavy atom. The van der Waals surface area contributed by atoms with E-state index in [1.165, 1.54) is 18.2 Å². The molecule has 0 aromatic heterocycles. The number of nitro benzene ring substituents is 1. The number of benzene rings is 2. The number of amides is 1. The Hall–Kier alpha value is -2.40. The monoisotopic (exact) mass is 276 g/mol. The molecule has 0 spiro atoms. The highest BCUT2D eigenvalue weighted by molar-refractivity contribution is 6.33. The molecule has 0 heterocycles. The van der Waals surface area contributed by atoms with Gasteiger partial charge in [0.05, 0.1) is 4.92 Å². The number of anilines is 1. The van der Waals surface area contributed by atoms with Crippen molar-refractivity contribution < 1.29 is 9.72 Å². The Labute approximate surface area is 114 Å². The number of nitro groups is 1. The molecule has 19 heavy (non-hydrogen) atoms. The van der Waals surface area contributed by atoms with Crippen molar-refractivity contribution in [2.45, 2.75) is 0 Å². The molecule has 0 aliphatic rings. The molecule has 0 fully saturated rings. The molecule has 0 radical (unpaired) electrons. The minimum Gasteiger partial charge on any atom is -0.322 e.